The van der Waals surface area contributed by atoms with Gasteiger partial charge in [0.25, 0.3) is 0 Å². The quantitative estimate of drug-likeness (QED) is 0.697. The fourth-order valence-electron chi connectivity index (χ4n) is 4.78. The number of nitrogens with one attached hydrogen (secondary N) is 1. The summed E-state index contributed by atoms with van der Waals surface area (Å²) < 4.78 is 68.6. The molecule has 1 aromatic rings. The predicted molar refractivity (Wildman–Crippen MR) is 111 cm³/mol. The van der Waals surface area contributed by atoms with E-state index in [1.165, 1.54) is 6.07 Å². The summed E-state index contributed by atoms with van der Waals surface area (Å²) in [5.74, 6) is -0.133. The summed E-state index contributed by atoms with van der Waals surface area (Å²) in [6.45, 7) is 2.14. The van der Waals surface area contributed by atoms with Gasteiger partial charge in [-0.2, -0.15) is 13.2 Å². The number of halogens is 3. The molecule has 3 fully saturated rings. The van der Waals surface area contributed by atoms with Crippen LogP contribution in [0.4, 0.5) is 18.0 Å². The second-order valence-corrected chi connectivity index (χ2v) is 11.2. The van der Waals surface area contributed by atoms with Gasteiger partial charge in [-0.3, -0.25) is 4.79 Å². The molecule has 4 rings (SSSR count). The third-order valence-corrected chi connectivity index (χ3v) is 7.64. The number of carbonyl (C=O) groups excluding carboxylic acids is 2. The zero-order valence-electron chi connectivity index (χ0n) is 18.2. The molecule has 3 amide bonds. The average Bonchev–Trinajstić information content (AvgIpc) is 2.70. The topological polar surface area (TPSA) is 96.0 Å². The van der Waals surface area contributed by atoms with Crippen LogP contribution in [0, 0.1) is 5.92 Å². The fraction of sp³-hybridized carbons (Fsp3) is 0.619. The summed E-state index contributed by atoms with van der Waals surface area (Å²) in [6.07, 6.45) is -2.14. The van der Waals surface area contributed by atoms with Gasteiger partial charge in [0.15, 0.2) is 9.84 Å². The first-order chi connectivity index (χ1) is 15.4. The van der Waals surface area contributed by atoms with Gasteiger partial charge in [-0.15, -0.1) is 0 Å². The molecule has 3 aliphatic rings. The van der Waals surface area contributed by atoms with Crippen molar-refractivity contribution in [2.45, 2.75) is 35.9 Å². The SMILES string of the molecule is CS(=O)(=O)c1cc(C(F)(F)F)ccc1CC1CCN(C(=O)N2CC3(COCC(=O)N3)C2)CC1. The van der Waals surface area contributed by atoms with Crippen LogP contribution in [0.2, 0.25) is 0 Å². The van der Waals surface area contributed by atoms with Crippen molar-refractivity contribution in [1.29, 1.82) is 0 Å². The summed E-state index contributed by atoms with van der Waals surface area (Å²) in [4.78, 5) is 27.4. The number of ether oxygens (including phenoxy) is 1. The van der Waals surface area contributed by atoms with Crippen molar-refractivity contribution >= 4 is 21.8 Å². The minimum Gasteiger partial charge on any atom is -0.369 e. The number of hydrogen-bond acceptors (Lipinski definition) is 5. The first kappa shape index (κ1) is 23.8. The Kier molecular flexibility index (Phi) is 6.10. The third-order valence-electron chi connectivity index (χ3n) is 6.46. The highest BCUT2D eigenvalue weighted by atomic mass is 32.2. The molecule has 1 aromatic carbocycles. The number of hydrogen-bond donors (Lipinski definition) is 1. The molecule has 3 heterocycles. The van der Waals surface area contributed by atoms with Crippen LogP contribution in [-0.2, 0) is 32.0 Å². The summed E-state index contributed by atoms with van der Waals surface area (Å²) in [5.41, 5.74) is -1.12. The maximum Gasteiger partial charge on any atom is 0.416 e. The van der Waals surface area contributed by atoms with Crippen molar-refractivity contribution in [3.05, 3.63) is 29.3 Å². The number of carbonyl (C=O) groups is 2. The number of urea groups is 1. The van der Waals surface area contributed by atoms with Crippen LogP contribution < -0.4 is 5.32 Å². The summed E-state index contributed by atoms with van der Waals surface area (Å²) in [5, 5.41) is 2.89. The Balaban J connectivity index is 1.34. The van der Waals surface area contributed by atoms with Gasteiger partial charge in [0, 0.05) is 32.4 Å². The van der Waals surface area contributed by atoms with Crippen LogP contribution in [0.15, 0.2) is 23.1 Å². The zero-order chi connectivity index (χ0) is 24.0. The van der Waals surface area contributed by atoms with Gasteiger partial charge < -0.3 is 19.9 Å². The lowest BCUT2D eigenvalue weighted by molar-refractivity contribution is -0.141. The third kappa shape index (κ3) is 5.11. The van der Waals surface area contributed by atoms with E-state index in [0.717, 1.165) is 12.3 Å². The number of sulfone groups is 1. The highest BCUT2D eigenvalue weighted by molar-refractivity contribution is 7.90. The maximum absolute atomic E-state index is 13.0. The van der Waals surface area contributed by atoms with E-state index in [0.29, 0.717) is 63.7 Å². The Morgan fingerprint density at radius 3 is 2.45 bits per heavy atom. The molecule has 0 saturated carbocycles. The minimum atomic E-state index is -4.62. The summed E-state index contributed by atoms with van der Waals surface area (Å²) >= 11 is 0. The first-order valence-electron chi connectivity index (χ1n) is 10.7. The second-order valence-electron chi connectivity index (χ2n) is 9.19. The van der Waals surface area contributed by atoms with Crippen LogP contribution in [0.3, 0.4) is 0 Å². The van der Waals surface area contributed by atoms with Crippen LogP contribution in [0.5, 0.6) is 0 Å². The molecular formula is C21H26F3N3O5S. The highest BCUT2D eigenvalue weighted by Gasteiger charge is 2.49. The maximum atomic E-state index is 13.0. The Morgan fingerprint density at radius 2 is 1.88 bits per heavy atom. The molecule has 12 heteroatoms. The van der Waals surface area contributed by atoms with E-state index in [4.69, 9.17) is 4.74 Å². The van der Waals surface area contributed by atoms with E-state index in [9.17, 15) is 31.2 Å². The smallest absolute Gasteiger partial charge is 0.369 e. The van der Waals surface area contributed by atoms with E-state index in [-0.39, 0.29) is 29.4 Å². The van der Waals surface area contributed by atoms with E-state index < -0.39 is 27.1 Å². The largest absolute Gasteiger partial charge is 0.416 e. The predicted octanol–water partition coefficient (Wildman–Crippen LogP) is 1.68. The van der Waals surface area contributed by atoms with Crippen molar-refractivity contribution in [1.82, 2.24) is 15.1 Å². The molecule has 3 aliphatic heterocycles. The van der Waals surface area contributed by atoms with Crippen molar-refractivity contribution in [3.63, 3.8) is 0 Å². The number of nitrogens with zero attached hydrogens (tertiary/aromatic N) is 2. The van der Waals surface area contributed by atoms with Gasteiger partial charge >= 0.3 is 12.2 Å². The van der Waals surface area contributed by atoms with E-state index in [1.54, 1.807) is 9.80 Å². The molecule has 0 radical (unpaired) electrons. The number of benzene rings is 1. The summed E-state index contributed by atoms with van der Waals surface area (Å²) in [7, 11) is -3.83. The Bertz CT molecular complexity index is 1050. The second kappa shape index (κ2) is 8.46. The Labute approximate surface area is 190 Å². The number of likely N-dealkylation sites (tertiary alicyclic amines) is 2. The Morgan fingerprint density at radius 1 is 1.21 bits per heavy atom. The van der Waals surface area contributed by atoms with Crippen molar-refractivity contribution < 1.29 is 35.9 Å². The number of piperidine rings is 1. The van der Waals surface area contributed by atoms with Crippen LogP contribution in [0.25, 0.3) is 0 Å². The van der Waals surface area contributed by atoms with Crippen LogP contribution >= 0.6 is 0 Å². The molecule has 0 bridgehead atoms. The first-order valence-corrected chi connectivity index (χ1v) is 12.6. The number of amides is 3. The molecule has 182 valence electrons. The van der Waals surface area contributed by atoms with Gasteiger partial charge in [0.1, 0.15) is 6.61 Å². The van der Waals surface area contributed by atoms with Crippen LogP contribution in [0.1, 0.15) is 24.0 Å². The van der Waals surface area contributed by atoms with Gasteiger partial charge in [0.05, 0.1) is 22.6 Å². The normalized spacial score (nSPS) is 21.6. The molecule has 3 saturated heterocycles. The number of rotatable bonds is 3. The van der Waals surface area contributed by atoms with E-state index in [2.05, 4.69) is 5.32 Å². The molecule has 33 heavy (non-hydrogen) atoms. The molecule has 0 atom stereocenters. The highest BCUT2D eigenvalue weighted by Crippen LogP contribution is 2.34. The molecule has 8 nitrogen and oxygen atoms in total. The monoisotopic (exact) mass is 489 g/mol. The zero-order valence-corrected chi connectivity index (χ0v) is 19.0. The lowest BCUT2D eigenvalue weighted by Crippen LogP contribution is -2.76. The van der Waals surface area contributed by atoms with Crippen molar-refractivity contribution in [3.8, 4) is 0 Å². The lowest BCUT2D eigenvalue weighted by Gasteiger charge is -2.52. The Hall–Kier alpha value is -2.34. The van der Waals surface area contributed by atoms with Gasteiger partial charge in [-0.05, 0) is 42.9 Å². The fourth-order valence-corrected chi connectivity index (χ4v) is 5.75. The number of alkyl halides is 3. The molecule has 0 unspecified atom stereocenters. The van der Waals surface area contributed by atoms with E-state index >= 15 is 0 Å². The average molecular weight is 490 g/mol. The summed E-state index contributed by atoms with van der Waals surface area (Å²) in [6, 6.07) is 2.74. The van der Waals surface area contributed by atoms with Gasteiger partial charge in [0.2, 0.25) is 5.91 Å². The lowest BCUT2D eigenvalue weighted by atomic mass is 9.88. The van der Waals surface area contributed by atoms with Crippen molar-refractivity contribution in [2.24, 2.45) is 5.92 Å². The van der Waals surface area contributed by atoms with Crippen molar-refractivity contribution in [2.75, 3.05) is 45.6 Å². The standard InChI is InChI=1S/C21H26F3N3O5S/c1-33(30,31)17-9-16(21(22,23)24)3-2-15(17)8-14-4-6-26(7-5-14)19(29)27-11-20(12-27)13-32-10-18(28)25-20/h2-3,9,14H,4-8,10-13H2,1H3,(H,25,28). The number of morpholine rings is 1. The molecule has 0 aromatic heterocycles. The van der Waals surface area contributed by atoms with E-state index in [1.807, 2.05) is 0 Å². The minimum absolute atomic E-state index is 0.0309. The van der Waals surface area contributed by atoms with Crippen LogP contribution in [-0.4, -0.2) is 81.3 Å². The molecular weight excluding hydrogens is 463 g/mol. The van der Waals surface area contributed by atoms with Gasteiger partial charge in [-0.25, -0.2) is 13.2 Å². The molecule has 0 aliphatic carbocycles. The molecule has 1 N–H and O–H groups in total. The molecule has 1 spiro atoms. The van der Waals surface area contributed by atoms with Gasteiger partial charge in [-0.1, -0.05) is 6.07 Å².